The first-order valence-corrected chi connectivity index (χ1v) is 9.24. The number of urea groups is 1. The lowest BCUT2D eigenvalue weighted by Gasteiger charge is -2.30. The maximum absolute atomic E-state index is 13.0. The first-order chi connectivity index (χ1) is 12.6. The Labute approximate surface area is 158 Å². The summed E-state index contributed by atoms with van der Waals surface area (Å²) in [6.07, 6.45) is 3.05. The van der Waals surface area contributed by atoms with Gasteiger partial charge in [-0.25, -0.2) is 9.18 Å². The molecular formula is C20H23ClFN3O. The Kier molecular flexibility index (Phi) is 6.47. The van der Waals surface area contributed by atoms with E-state index in [2.05, 4.69) is 16.0 Å². The van der Waals surface area contributed by atoms with Gasteiger partial charge in [-0.15, -0.1) is 0 Å². The van der Waals surface area contributed by atoms with E-state index in [0.717, 1.165) is 31.4 Å². The van der Waals surface area contributed by atoms with Gasteiger partial charge in [0, 0.05) is 23.3 Å². The molecule has 0 unspecified atom stereocenters. The van der Waals surface area contributed by atoms with Crippen molar-refractivity contribution < 1.29 is 9.18 Å². The standard InChI is InChI=1S/C20H23ClFN3O/c21-16-4-9-18(10-5-16)25-20(26)24-13-19-8-3-15(12-23-19)11-14-1-6-17(22)7-2-14/h1-2,4-7,9-10,15,19,23H,3,8,11-13H2,(H2,24,25,26)/t15-,19-/m0/s1. The van der Waals surface area contributed by atoms with E-state index in [0.29, 0.717) is 23.2 Å². The van der Waals surface area contributed by atoms with Crippen molar-refractivity contribution in [1.82, 2.24) is 10.6 Å². The summed E-state index contributed by atoms with van der Waals surface area (Å²) in [6, 6.07) is 13.8. The minimum Gasteiger partial charge on any atom is -0.336 e. The highest BCUT2D eigenvalue weighted by Gasteiger charge is 2.21. The summed E-state index contributed by atoms with van der Waals surface area (Å²) < 4.78 is 13.0. The second-order valence-electron chi connectivity index (χ2n) is 6.72. The molecule has 1 saturated heterocycles. The Hall–Kier alpha value is -2.11. The Bertz CT molecular complexity index is 713. The van der Waals surface area contributed by atoms with Gasteiger partial charge in [0.1, 0.15) is 5.82 Å². The molecular weight excluding hydrogens is 353 g/mol. The number of piperidine rings is 1. The summed E-state index contributed by atoms with van der Waals surface area (Å²) in [5.74, 6) is 0.345. The molecule has 1 aliphatic rings. The van der Waals surface area contributed by atoms with Gasteiger partial charge in [0.2, 0.25) is 0 Å². The predicted molar refractivity (Wildman–Crippen MR) is 103 cm³/mol. The molecule has 0 aliphatic carbocycles. The van der Waals surface area contributed by atoms with Crippen LogP contribution in [0.4, 0.5) is 14.9 Å². The van der Waals surface area contributed by atoms with E-state index in [9.17, 15) is 9.18 Å². The molecule has 3 N–H and O–H groups in total. The van der Waals surface area contributed by atoms with Crippen LogP contribution in [0, 0.1) is 11.7 Å². The topological polar surface area (TPSA) is 53.2 Å². The fraction of sp³-hybridized carbons (Fsp3) is 0.350. The Morgan fingerprint density at radius 2 is 1.85 bits per heavy atom. The van der Waals surface area contributed by atoms with Crippen LogP contribution < -0.4 is 16.0 Å². The van der Waals surface area contributed by atoms with Crippen LogP contribution in [-0.4, -0.2) is 25.2 Å². The predicted octanol–water partition coefficient (Wildman–Crippen LogP) is 4.21. The van der Waals surface area contributed by atoms with Crippen LogP contribution in [0.1, 0.15) is 18.4 Å². The zero-order valence-electron chi connectivity index (χ0n) is 14.5. The van der Waals surface area contributed by atoms with Crippen molar-refractivity contribution in [2.75, 3.05) is 18.4 Å². The largest absolute Gasteiger partial charge is 0.336 e. The van der Waals surface area contributed by atoms with Gasteiger partial charge < -0.3 is 16.0 Å². The van der Waals surface area contributed by atoms with E-state index in [1.807, 2.05) is 12.1 Å². The summed E-state index contributed by atoms with van der Waals surface area (Å²) in [6.45, 7) is 1.49. The monoisotopic (exact) mass is 375 g/mol. The number of amides is 2. The molecule has 26 heavy (non-hydrogen) atoms. The molecule has 2 amide bonds. The smallest absolute Gasteiger partial charge is 0.319 e. The fourth-order valence-corrected chi connectivity index (χ4v) is 3.33. The van der Waals surface area contributed by atoms with E-state index in [4.69, 9.17) is 11.6 Å². The number of halogens is 2. The summed E-state index contributed by atoms with van der Waals surface area (Å²) in [5.41, 5.74) is 1.87. The molecule has 1 aliphatic heterocycles. The average Bonchev–Trinajstić information content (AvgIpc) is 2.65. The molecule has 3 rings (SSSR count). The van der Waals surface area contributed by atoms with Crippen LogP contribution in [-0.2, 0) is 6.42 Å². The van der Waals surface area contributed by atoms with Crippen molar-refractivity contribution in [3.8, 4) is 0 Å². The number of benzene rings is 2. The third-order valence-electron chi connectivity index (χ3n) is 4.67. The Balaban J connectivity index is 1.36. The van der Waals surface area contributed by atoms with Crippen molar-refractivity contribution >= 4 is 23.3 Å². The number of anilines is 1. The molecule has 1 heterocycles. The van der Waals surface area contributed by atoms with Gasteiger partial charge in [-0.05, 0) is 73.7 Å². The van der Waals surface area contributed by atoms with E-state index in [1.54, 1.807) is 24.3 Å². The number of rotatable bonds is 5. The lowest BCUT2D eigenvalue weighted by molar-refractivity contribution is 0.247. The molecule has 2 aromatic carbocycles. The Morgan fingerprint density at radius 3 is 2.50 bits per heavy atom. The zero-order valence-corrected chi connectivity index (χ0v) is 15.2. The van der Waals surface area contributed by atoms with Crippen molar-refractivity contribution in [3.05, 3.63) is 64.9 Å². The molecule has 0 bridgehead atoms. The van der Waals surface area contributed by atoms with Crippen LogP contribution in [0.5, 0.6) is 0 Å². The van der Waals surface area contributed by atoms with Crippen LogP contribution >= 0.6 is 11.6 Å². The molecule has 0 radical (unpaired) electrons. The maximum atomic E-state index is 13.0. The SMILES string of the molecule is O=C(NC[C@@H]1CC[C@@H](Cc2ccc(F)cc2)CN1)Nc1ccc(Cl)cc1. The number of hydrogen-bond acceptors (Lipinski definition) is 2. The first kappa shape index (κ1) is 18.7. The van der Waals surface area contributed by atoms with Crippen LogP contribution in [0.3, 0.4) is 0 Å². The van der Waals surface area contributed by atoms with Gasteiger partial charge in [0.15, 0.2) is 0 Å². The van der Waals surface area contributed by atoms with Gasteiger partial charge in [0.05, 0.1) is 0 Å². The molecule has 2 aromatic rings. The molecule has 0 spiro atoms. The average molecular weight is 376 g/mol. The van der Waals surface area contributed by atoms with Gasteiger partial charge in [-0.2, -0.15) is 0 Å². The van der Waals surface area contributed by atoms with Crippen molar-refractivity contribution in [1.29, 1.82) is 0 Å². The highest BCUT2D eigenvalue weighted by atomic mass is 35.5. The molecule has 6 heteroatoms. The molecule has 2 atom stereocenters. The molecule has 4 nitrogen and oxygen atoms in total. The highest BCUT2D eigenvalue weighted by molar-refractivity contribution is 6.30. The van der Waals surface area contributed by atoms with Crippen molar-refractivity contribution in [2.24, 2.45) is 5.92 Å². The quantitative estimate of drug-likeness (QED) is 0.733. The minimum atomic E-state index is -0.220. The van der Waals surface area contributed by atoms with Crippen LogP contribution in [0.25, 0.3) is 0 Å². The lowest BCUT2D eigenvalue weighted by atomic mass is 9.89. The van der Waals surface area contributed by atoms with Gasteiger partial charge in [-0.1, -0.05) is 23.7 Å². The first-order valence-electron chi connectivity index (χ1n) is 8.87. The summed E-state index contributed by atoms with van der Waals surface area (Å²) in [7, 11) is 0. The number of nitrogens with one attached hydrogen (secondary N) is 3. The van der Waals surface area contributed by atoms with Gasteiger partial charge in [0.25, 0.3) is 0 Å². The molecule has 0 aromatic heterocycles. The maximum Gasteiger partial charge on any atom is 0.319 e. The van der Waals surface area contributed by atoms with Crippen molar-refractivity contribution in [2.45, 2.75) is 25.3 Å². The second kappa shape index (κ2) is 9.01. The third kappa shape index (κ3) is 5.71. The minimum absolute atomic E-state index is 0.196. The van der Waals surface area contributed by atoms with E-state index >= 15 is 0 Å². The summed E-state index contributed by atoms with van der Waals surface area (Å²) in [4.78, 5) is 12.0. The van der Waals surface area contributed by atoms with Gasteiger partial charge in [-0.3, -0.25) is 0 Å². The van der Waals surface area contributed by atoms with E-state index in [1.165, 1.54) is 12.1 Å². The summed E-state index contributed by atoms with van der Waals surface area (Å²) in [5, 5.41) is 9.82. The molecule has 0 saturated carbocycles. The summed E-state index contributed by atoms with van der Waals surface area (Å²) >= 11 is 5.83. The molecule has 138 valence electrons. The molecule has 1 fully saturated rings. The van der Waals surface area contributed by atoms with E-state index < -0.39 is 0 Å². The normalized spacial score (nSPS) is 19.8. The van der Waals surface area contributed by atoms with Crippen LogP contribution in [0.15, 0.2) is 48.5 Å². The number of hydrogen-bond donors (Lipinski definition) is 3. The lowest BCUT2D eigenvalue weighted by Crippen LogP contribution is -2.47. The van der Waals surface area contributed by atoms with Crippen LogP contribution in [0.2, 0.25) is 5.02 Å². The van der Waals surface area contributed by atoms with E-state index in [-0.39, 0.29) is 17.9 Å². The Morgan fingerprint density at radius 1 is 1.12 bits per heavy atom. The fourth-order valence-electron chi connectivity index (χ4n) is 3.20. The number of carbonyl (C=O) groups excluding carboxylic acids is 1. The number of carbonyl (C=O) groups is 1. The second-order valence-corrected chi connectivity index (χ2v) is 7.16. The zero-order chi connectivity index (χ0) is 18.4. The van der Waals surface area contributed by atoms with Gasteiger partial charge >= 0.3 is 6.03 Å². The highest BCUT2D eigenvalue weighted by Crippen LogP contribution is 2.19. The third-order valence-corrected chi connectivity index (χ3v) is 4.92. The van der Waals surface area contributed by atoms with Crippen molar-refractivity contribution in [3.63, 3.8) is 0 Å².